The van der Waals surface area contributed by atoms with Gasteiger partial charge in [0.05, 0.1) is 13.2 Å². The molecule has 0 aliphatic carbocycles. The topological polar surface area (TPSA) is 29.5 Å². The van der Waals surface area contributed by atoms with Gasteiger partial charge in [0.1, 0.15) is 0 Å². The maximum atomic E-state index is 14.0. The minimum absolute atomic E-state index is 0.208. The number of benzene rings is 2. The third-order valence-electron chi connectivity index (χ3n) is 2.96. The van der Waals surface area contributed by atoms with Crippen molar-refractivity contribution in [3.8, 4) is 5.75 Å². The summed E-state index contributed by atoms with van der Waals surface area (Å²) < 4.78 is 19.9. The molecule has 1 N–H and O–H groups in total. The second-order valence-electron chi connectivity index (χ2n) is 4.56. The highest BCUT2D eigenvalue weighted by Gasteiger charge is 2.13. The lowest BCUT2D eigenvalue weighted by Crippen LogP contribution is -2.14. The van der Waals surface area contributed by atoms with Crippen LogP contribution in [-0.4, -0.2) is 24.1 Å². The van der Waals surface area contributed by atoms with E-state index >= 15 is 0 Å². The van der Waals surface area contributed by atoms with E-state index in [1.807, 2.05) is 24.3 Å². The Morgan fingerprint density at radius 2 is 2.05 bits per heavy atom. The molecule has 0 saturated heterocycles. The van der Waals surface area contributed by atoms with Gasteiger partial charge in [-0.05, 0) is 29.8 Å². The van der Waals surface area contributed by atoms with Crippen molar-refractivity contribution in [2.45, 2.75) is 17.4 Å². The Balaban J connectivity index is 1.94. The maximum absolute atomic E-state index is 14.0. The van der Waals surface area contributed by atoms with Crippen LogP contribution in [0.3, 0.4) is 0 Å². The molecule has 0 fully saturated rings. The zero-order valence-electron chi connectivity index (χ0n) is 11.6. The van der Waals surface area contributed by atoms with E-state index < -0.39 is 11.9 Å². The van der Waals surface area contributed by atoms with Crippen LogP contribution in [0.5, 0.6) is 5.75 Å². The highest BCUT2D eigenvalue weighted by molar-refractivity contribution is 9.10. The van der Waals surface area contributed by atoms with E-state index in [-0.39, 0.29) is 12.2 Å². The summed E-state index contributed by atoms with van der Waals surface area (Å²) >= 11 is 4.95. The lowest BCUT2D eigenvalue weighted by Gasteiger charge is -2.12. The standard InChI is InChI=1S/C16H16BrFO2S/c1-20-15-7-2-4-11(16(15)18)8-13(19)10-21-14-6-3-5-12(17)9-14/h2-7,9,13,19H,8,10H2,1H3. The first-order valence-electron chi connectivity index (χ1n) is 6.48. The van der Waals surface area contributed by atoms with Crippen LogP contribution in [0, 0.1) is 5.82 Å². The molecule has 0 amide bonds. The van der Waals surface area contributed by atoms with Crippen molar-refractivity contribution in [1.82, 2.24) is 0 Å². The van der Waals surface area contributed by atoms with E-state index in [4.69, 9.17) is 4.74 Å². The van der Waals surface area contributed by atoms with Gasteiger partial charge in [0.15, 0.2) is 11.6 Å². The van der Waals surface area contributed by atoms with Gasteiger partial charge in [-0.15, -0.1) is 11.8 Å². The van der Waals surface area contributed by atoms with Gasteiger partial charge in [-0.25, -0.2) is 4.39 Å². The van der Waals surface area contributed by atoms with Crippen LogP contribution < -0.4 is 4.74 Å². The van der Waals surface area contributed by atoms with E-state index in [1.165, 1.54) is 7.11 Å². The molecule has 21 heavy (non-hydrogen) atoms. The SMILES string of the molecule is COc1cccc(CC(O)CSc2cccc(Br)c2)c1F. The highest BCUT2D eigenvalue weighted by atomic mass is 79.9. The van der Waals surface area contributed by atoms with E-state index in [2.05, 4.69) is 15.9 Å². The summed E-state index contributed by atoms with van der Waals surface area (Å²) in [7, 11) is 1.43. The minimum atomic E-state index is -0.615. The fourth-order valence-electron chi connectivity index (χ4n) is 1.93. The van der Waals surface area contributed by atoms with Crippen LogP contribution in [0.25, 0.3) is 0 Å². The Kier molecular flexibility index (Phi) is 6.08. The van der Waals surface area contributed by atoms with Crippen LogP contribution in [0.15, 0.2) is 51.8 Å². The molecule has 1 atom stereocenters. The van der Waals surface area contributed by atoms with Crippen molar-refractivity contribution >= 4 is 27.7 Å². The molecule has 5 heteroatoms. The average molecular weight is 371 g/mol. The van der Waals surface area contributed by atoms with Crippen molar-refractivity contribution in [1.29, 1.82) is 0 Å². The van der Waals surface area contributed by atoms with Gasteiger partial charge in [-0.3, -0.25) is 0 Å². The fraction of sp³-hybridized carbons (Fsp3) is 0.250. The van der Waals surface area contributed by atoms with Crippen LogP contribution in [-0.2, 0) is 6.42 Å². The third kappa shape index (κ3) is 4.73. The summed E-state index contributed by atoms with van der Waals surface area (Å²) in [6.45, 7) is 0. The molecule has 0 radical (unpaired) electrons. The number of halogens is 2. The lowest BCUT2D eigenvalue weighted by atomic mass is 10.1. The molecule has 2 aromatic carbocycles. The van der Waals surface area contributed by atoms with Gasteiger partial charge in [-0.2, -0.15) is 0 Å². The zero-order valence-corrected chi connectivity index (χ0v) is 14.0. The number of rotatable bonds is 6. The first-order chi connectivity index (χ1) is 10.1. The van der Waals surface area contributed by atoms with Gasteiger partial charge in [0.25, 0.3) is 0 Å². The summed E-state index contributed by atoms with van der Waals surface area (Å²) in [6, 6.07) is 12.8. The molecule has 112 valence electrons. The van der Waals surface area contributed by atoms with Gasteiger partial charge < -0.3 is 9.84 Å². The fourth-order valence-corrected chi connectivity index (χ4v) is 3.37. The van der Waals surface area contributed by atoms with Gasteiger partial charge in [0, 0.05) is 21.5 Å². The molecule has 0 aliphatic rings. The first-order valence-corrected chi connectivity index (χ1v) is 8.26. The van der Waals surface area contributed by atoms with Gasteiger partial charge in [0.2, 0.25) is 0 Å². The Labute approximate surface area is 136 Å². The first kappa shape index (κ1) is 16.3. The van der Waals surface area contributed by atoms with Crippen molar-refractivity contribution in [3.63, 3.8) is 0 Å². The number of aliphatic hydroxyl groups excluding tert-OH is 1. The van der Waals surface area contributed by atoms with Crippen molar-refractivity contribution < 1.29 is 14.2 Å². The summed E-state index contributed by atoms with van der Waals surface area (Å²) in [5.41, 5.74) is 0.469. The highest BCUT2D eigenvalue weighted by Crippen LogP contribution is 2.25. The monoisotopic (exact) mass is 370 g/mol. The summed E-state index contributed by atoms with van der Waals surface area (Å²) in [5, 5.41) is 10.1. The maximum Gasteiger partial charge on any atom is 0.168 e. The smallest absolute Gasteiger partial charge is 0.168 e. The third-order valence-corrected chi connectivity index (χ3v) is 4.59. The predicted octanol–water partition coefficient (Wildman–Crippen LogP) is 4.29. The number of aliphatic hydroxyl groups is 1. The number of hydrogen-bond donors (Lipinski definition) is 1. The molecule has 0 spiro atoms. The van der Waals surface area contributed by atoms with E-state index in [1.54, 1.807) is 30.0 Å². The van der Waals surface area contributed by atoms with Crippen molar-refractivity contribution in [2.24, 2.45) is 0 Å². The summed E-state index contributed by atoms with van der Waals surface area (Å²) in [5.74, 6) is 0.318. The van der Waals surface area contributed by atoms with E-state index in [0.717, 1.165) is 9.37 Å². The summed E-state index contributed by atoms with van der Waals surface area (Å²) in [6.07, 6.45) is -0.347. The quantitative estimate of drug-likeness (QED) is 0.769. The average Bonchev–Trinajstić information content (AvgIpc) is 2.47. The molecule has 0 saturated carbocycles. The molecule has 2 rings (SSSR count). The molecule has 0 aromatic heterocycles. The van der Waals surface area contributed by atoms with E-state index in [0.29, 0.717) is 11.3 Å². The van der Waals surface area contributed by atoms with Crippen LogP contribution in [0.4, 0.5) is 4.39 Å². The molecule has 0 aliphatic heterocycles. The Morgan fingerprint density at radius 1 is 1.29 bits per heavy atom. The Hall–Kier alpha value is -1.04. The second kappa shape index (κ2) is 7.82. The number of methoxy groups -OCH3 is 1. The normalized spacial score (nSPS) is 12.2. The summed E-state index contributed by atoms with van der Waals surface area (Å²) in [4.78, 5) is 1.06. The van der Waals surface area contributed by atoms with Crippen molar-refractivity contribution in [3.05, 3.63) is 58.3 Å². The molecule has 1 unspecified atom stereocenters. The molecule has 2 nitrogen and oxygen atoms in total. The molecule has 2 aromatic rings. The van der Waals surface area contributed by atoms with Crippen LogP contribution in [0.1, 0.15) is 5.56 Å². The number of thioether (sulfide) groups is 1. The Morgan fingerprint density at radius 3 is 2.76 bits per heavy atom. The van der Waals surface area contributed by atoms with Crippen molar-refractivity contribution in [2.75, 3.05) is 12.9 Å². The Bertz CT molecular complexity index is 607. The minimum Gasteiger partial charge on any atom is -0.494 e. The van der Waals surface area contributed by atoms with Gasteiger partial charge in [-0.1, -0.05) is 34.1 Å². The molecule has 0 heterocycles. The zero-order chi connectivity index (χ0) is 15.2. The lowest BCUT2D eigenvalue weighted by molar-refractivity contribution is 0.198. The number of ether oxygens (including phenoxy) is 1. The van der Waals surface area contributed by atoms with Crippen LogP contribution >= 0.6 is 27.7 Å². The molecular formula is C16H16BrFO2S. The number of hydrogen-bond acceptors (Lipinski definition) is 3. The van der Waals surface area contributed by atoms with Crippen LogP contribution in [0.2, 0.25) is 0 Å². The molecule has 0 bridgehead atoms. The van der Waals surface area contributed by atoms with E-state index in [9.17, 15) is 9.50 Å². The molecular weight excluding hydrogens is 355 g/mol. The van der Waals surface area contributed by atoms with Gasteiger partial charge >= 0.3 is 0 Å². The largest absolute Gasteiger partial charge is 0.494 e. The second-order valence-corrected chi connectivity index (χ2v) is 6.57. The predicted molar refractivity (Wildman–Crippen MR) is 87.5 cm³/mol.